The van der Waals surface area contributed by atoms with Gasteiger partial charge >= 0.3 is 5.97 Å². The van der Waals surface area contributed by atoms with Gasteiger partial charge in [0.25, 0.3) is 0 Å². The molecule has 0 heterocycles. The molecule has 2 N–H and O–H groups in total. The van der Waals surface area contributed by atoms with Crippen molar-refractivity contribution in [3.05, 3.63) is 23.8 Å². The predicted octanol–water partition coefficient (Wildman–Crippen LogP) is 1.68. The lowest BCUT2D eigenvalue weighted by Gasteiger charge is -2.20. The maximum absolute atomic E-state index is 11.0. The normalized spacial score (nSPS) is 11.1. The second-order valence-corrected chi connectivity index (χ2v) is 4.62. The lowest BCUT2D eigenvalue weighted by molar-refractivity contribution is -0.148. The summed E-state index contributed by atoms with van der Waals surface area (Å²) in [4.78, 5) is 11.0. The molecule has 1 aromatic rings. The summed E-state index contributed by atoms with van der Waals surface area (Å²) in [7, 11) is 1.50. The molecule has 0 amide bonds. The predicted molar refractivity (Wildman–Crippen MR) is 65.8 cm³/mol. The standard InChI is InChI=1S/C13H18O5/c1-13(2,12(15)16)8-18-11-6-9(7-14)4-5-10(11)17-3/h4-6,14H,7-8H2,1-3H3,(H,15,16). The van der Waals surface area contributed by atoms with Crippen molar-refractivity contribution in [2.45, 2.75) is 20.5 Å². The van der Waals surface area contributed by atoms with Crippen LogP contribution >= 0.6 is 0 Å². The van der Waals surface area contributed by atoms with Crippen molar-refractivity contribution in [1.82, 2.24) is 0 Å². The van der Waals surface area contributed by atoms with Gasteiger partial charge in [-0.1, -0.05) is 6.07 Å². The lowest BCUT2D eigenvalue weighted by atomic mass is 9.95. The highest BCUT2D eigenvalue weighted by Gasteiger charge is 2.28. The van der Waals surface area contributed by atoms with Crippen LogP contribution in [0.2, 0.25) is 0 Å². The first-order chi connectivity index (χ1) is 8.40. The third kappa shape index (κ3) is 3.37. The Labute approximate surface area is 106 Å². The van der Waals surface area contributed by atoms with Crippen LogP contribution in [0.25, 0.3) is 0 Å². The zero-order valence-electron chi connectivity index (χ0n) is 10.8. The molecule has 0 saturated carbocycles. The highest BCUT2D eigenvalue weighted by molar-refractivity contribution is 5.73. The summed E-state index contributed by atoms with van der Waals surface area (Å²) in [5, 5.41) is 18.0. The first kappa shape index (κ1) is 14.3. The van der Waals surface area contributed by atoms with E-state index in [4.69, 9.17) is 19.7 Å². The summed E-state index contributed by atoms with van der Waals surface area (Å²) >= 11 is 0. The van der Waals surface area contributed by atoms with Crippen LogP contribution in [0.1, 0.15) is 19.4 Å². The molecule has 0 aliphatic carbocycles. The maximum Gasteiger partial charge on any atom is 0.312 e. The van der Waals surface area contributed by atoms with Crippen LogP contribution in [0.4, 0.5) is 0 Å². The van der Waals surface area contributed by atoms with Crippen molar-refractivity contribution in [3.8, 4) is 11.5 Å². The monoisotopic (exact) mass is 254 g/mol. The molecule has 0 aliphatic heterocycles. The van der Waals surface area contributed by atoms with Crippen LogP contribution in [0.3, 0.4) is 0 Å². The van der Waals surface area contributed by atoms with Crippen molar-refractivity contribution in [1.29, 1.82) is 0 Å². The zero-order chi connectivity index (χ0) is 13.8. The molecule has 0 saturated heterocycles. The van der Waals surface area contributed by atoms with E-state index in [-0.39, 0.29) is 13.2 Å². The van der Waals surface area contributed by atoms with Crippen molar-refractivity contribution in [2.75, 3.05) is 13.7 Å². The number of hydrogen-bond acceptors (Lipinski definition) is 4. The number of rotatable bonds is 6. The Hall–Kier alpha value is -1.75. The molecule has 1 aromatic carbocycles. The molecular weight excluding hydrogens is 236 g/mol. The van der Waals surface area contributed by atoms with Crippen molar-refractivity contribution in [3.63, 3.8) is 0 Å². The number of aliphatic hydroxyl groups excluding tert-OH is 1. The fourth-order valence-electron chi connectivity index (χ4n) is 1.25. The fraction of sp³-hybridized carbons (Fsp3) is 0.462. The van der Waals surface area contributed by atoms with Gasteiger partial charge in [0, 0.05) is 0 Å². The number of carbonyl (C=O) groups is 1. The summed E-state index contributed by atoms with van der Waals surface area (Å²) < 4.78 is 10.6. The van der Waals surface area contributed by atoms with Crippen molar-refractivity contribution in [2.24, 2.45) is 5.41 Å². The van der Waals surface area contributed by atoms with E-state index in [2.05, 4.69) is 0 Å². The van der Waals surface area contributed by atoms with Gasteiger partial charge in [-0.05, 0) is 31.5 Å². The molecule has 5 heteroatoms. The van der Waals surface area contributed by atoms with Gasteiger partial charge in [-0.25, -0.2) is 0 Å². The van der Waals surface area contributed by atoms with Gasteiger partial charge in [0.2, 0.25) is 0 Å². The highest BCUT2D eigenvalue weighted by atomic mass is 16.5. The molecule has 0 spiro atoms. The third-order valence-electron chi connectivity index (χ3n) is 2.58. The Kier molecular flexibility index (Phi) is 4.55. The Balaban J connectivity index is 2.86. The minimum Gasteiger partial charge on any atom is -0.493 e. The van der Waals surface area contributed by atoms with E-state index in [1.807, 2.05) is 0 Å². The molecule has 0 aliphatic rings. The zero-order valence-corrected chi connectivity index (χ0v) is 10.8. The van der Waals surface area contributed by atoms with Gasteiger partial charge < -0.3 is 19.7 Å². The Morgan fingerprint density at radius 2 is 2.00 bits per heavy atom. The summed E-state index contributed by atoms with van der Waals surface area (Å²) in [6.07, 6.45) is 0. The number of hydrogen-bond donors (Lipinski definition) is 2. The number of ether oxygens (including phenoxy) is 2. The van der Waals surface area contributed by atoms with Gasteiger partial charge in [0.15, 0.2) is 11.5 Å². The number of aliphatic carboxylic acids is 1. The van der Waals surface area contributed by atoms with E-state index in [9.17, 15) is 4.79 Å². The number of carboxylic acid groups (broad SMARTS) is 1. The topological polar surface area (TPSA) is 76.0 Å². The molecule has 0 fully saturated rings. The average molecular weight is 254 g/mol. The Morgan fingerprint density at radius 1 is 1.33 bits per heavy atom. The summed E-state index contributed by atoms with van der Waals surface area (Å²) in [6, 6.07) is 5.03. The van der Waals surface area contributed by atoms with Gasteiger partial charge in [0.1, 0.15) is 6.61 Å². The fourth-order valence-corrected chi connectivity index (χ4v) is 1.25. The molecule has 5 nitrogen and oxygen atoms in total. The van der Waals surface area contributed by atoms with Crippen molar-refractivity contribution < 1.29 is 24.5 Å². The van der Waals surface area contributed by atoms with Gasteiger partial charge in [-0.3, -0.25) is 4.79 Å². The number of methoxy groups -OCH3 is 1. The number of aliphatic hydroxyl groups is 1. The maximum atomic E-state index is 11.0. The van der Waals surface area contributed by atoms with Gasteiger partial charge in [-0.15, -0.1) is 0 Å². The Bertz CT molecular complexity index is 425. The van der Waals surface area contributed by atoms with Crippen LogP contribution < -0.4 is 9.47 Å². The minimum atomic E-state index is -0.986. The number of carboxylic acids is 1. The van der Waals surface area contributed by atoms with Crippen molar-refractivity contribution >= 4 is 5.97 Å². The molecule has 18 heavy (non-hydrogen) atoms. The first-order valence-corrected chi connectivity index (χ1v) is 5.54. The Morgan fingerprint density at radius 3 is 2.50 bits per heavy atom. The average Bonchev–Trinajstić information content (AvgIpc) is 2.35. The third-order valence-corrected chi connectivity index (χ3v) is 2.58. The molecule has 1 rings (SSSR count). The largest absolute Gasteiger partial charge is 0.493 e. The summed E-state index contributed by atoms with van der Waals surface area (Å²) in [5.74, 6) is 0.00606. The van der Waals surface area contributed by atoms with E-state index in [1.165, 1.54) is 7.11 Å². The van der Waals surface area contributed by atoms with E-state index < -0.39 is 11.4 Å². The highest BCUT2D eigenvalue weighted by Crippen LogP contribution is 2.29. The molecule has 0 unspecified atom stereocenters. The second kappa shape index (κ2) is 5.73. The molecule has 0 atom stereocenters. The molecule has 0 aromatic heterocycles. The first-order valence-electron chi connectivity index (χ1n) is 5.54. The minimum absolute atomic E-state index is 0.0214. The van der Waals surface area contributed by atoms with E-state index in [0.29, 0.717) is 17.1 Å². The summed E-state index contributed by atoms with van der Waals surface area (Å²) in [5.41, 5.74) is -0.306. The van der Waals surface area contributed by atoms with Crippen LogP contribution in [0.15, 0.2) is 18.2 Å². The molecule has 0 radical (unpaired) electrons. The van der Waals surface area contributed by atoms with Crippen LogP contribution in [-0.4, -0.2) is 29.9 Å². The molecule has 0 bridgehead atoms. The van der Waals surface area contributed by atoms with Gasteiger partial charge in [0.05, 0.1) is 19.1 Å². The SMILES string of the molecule is COc1ccc(CO)cc1OCC(C)(C)C(=O)O. The number of benzene rings is 1. The van der Waals surface area contributed by atoms with Gasteiger partial charge in [-0.2, -0.15) is 0 Å². The van der Waals surface area contributed by atoms with E-state index >= 15 is 0 Å². The van der Waals surface area contributed by atoms with E-state index in [1.54, 1.807) is 32.0 Å². The van der Waals surface area contributed by atoms with E-state index in [0.717, 1.165) is 0 Å². The lowest BCUT2D eigenvalue weighted by Crippen LogP contribution is -2.30. The van der Waals surface area contributed by atoms with Crippen LogP contribution in [0.5, 0.6) is 11.5 Å². The summed E-state index contributed by atoms with van der Waals surface area (Å²) in [6.45, 7) is 3.08. The molecule has 100 valence electrons. The van der Waals surface area contributed by atoms with Crippen LogP contribution in [0, 0.1) is 5.41 Å². The second-order valence-electron chi connectivity index (χ2n) is 4.62. The quantitative estimate of drug-likeness (QED) is 0.807. The molecular formula is C13H18O5. The smallest absolute Gasteiger partial charge is 0.312 e. The van der Waals surface area contributed by atoms with Crippen LogP contribution in [-0.2, 0) is 11.4 Å².